The molecule has 0 spiro atoms. The maximum Gasteiger partial charge on any atom is 0.264 e. The van der Waals surface area contributed by atoms with Crippen LogP contribution in [0, 0.1) is 6.92 Å². The van der Waals surface area contributed by atoms with Crippen LogP contribution in [0.1, 0.15) is 15.2 Å². The van der Waals surface area contributed by atoms with Crippen molar-refractivity contribution in [2.75, 3.05) is 31.1 Å². The monoisotopic (exact) mass is 337 g/mol. The van der Waals surface area contributed by atoms with E-state index in [2.05, 4.69) is 30.0 Å². The highest BCUT2D eigenvalue weighted by molar-refractivity contribution is 7.12. The molecule has 3 heterocycles. The molecule has 1 saturated heterocycles. The molecule has 2 aromatic heterocycles. The normalized spacial score (nSPS) is 15.0. The van der Waals surface area contributed by atoms with E-state index in [9.17, 15) is 4.79 Å². The van der Waals surface area contributed by atoms with E-state index < -0.39 is 0 Å². The smallest absolute Gasteiger partial charge is 0.264 e. The molecule has 1 fully saturated rings. The molecule has 0 radical (unpaired) electrons. The summed E-state index contributed by atoms with van der Waals surface area (Å²) in [6.45, 7) is 5.24. The fourth-order valence-corrected chi connectivity index (χ4v) is 3.90. The van der Waals surface area contributed by atoms with Gasteiger partial charge in [0.1, 0.15) is 5.82 Å². The van der Waals surface area contributed by atoms with Gasteiger partial charge < -0.3 is 9.80 Å². The molecule has 1 aliphatic heterocycles. The Morgan fingerprint density at radius 2 is 1.88 bits per heavy atom. The van der Waals surface area contributed by atoms with Gasteiger partial charge in [-0.2, -0.15) is 0 Å². The zero-order valence-electron chi connectivity index (χ0n) is 13.6. The van der Waals surface area contributed by atoms with E-state index in [1.807, 2.05) is 34.5 Å². The highest BCUT2D eigenvalue weighted by atomic mass is 32.1. The number of para-hydroxylation sites is 1. The predicted octanol–water partition coefficient (Wildman–Crippen LogP) is 3.57. The van der Waals surface area contributed by atoms with Gasteiger partial charge in [0.25, 0.3) is 5.91 Å². The van der Waals surface area contributed by atoms with E-state index in [0.717, 1.165) is 42.4 Å². The molecule has 1 aromatic carbocycles. The number of amides is 1. The maximum absolute atomic E-state index is 12.4. The second-order valence-electron chi connectivity index (χ2n) is 6.08. The van der Waals surface area contributed by atoms with Crippen molar-refractivity contribution in [3.8, 4) is 0 Å². The molecule has 0 atom stereocenters. The van der Waals surface area contributed by atoms with E-state index in [1.54, 1.807) is 0 Å². The van der Waals surface area contributed by atoms with Crippen LogP contribution in [0.25, 0.3) is 10.9 Å². The highest BCUT2D eigenvalue weighted by Gasteiger charge is 2.24. The molecule has 5 heteroatoms. The van der Waals surface area contributed by atoms with Gasteiger partial charge in [0.2, 0.25) is 0 Å². The Morgan fingerprint density at radius 1 is 1.08 bits per heavy atom. The average Bonchev–Trinajstić information content (AvgIpc) is 3.15. The molecule has 24 heavy (non-hydrogen) atoms. The van der Waals surface area contributed by atoms with E-state index in [-0.39, 0.29) is 5.91 Å². The standard InChI is InChI=1S/C19H19N3OS/c1-14-13-15-5-2-3-6-16(15)20-18(14)21-8-10-22(11-9-21)19(23)17-7-4-12-24-17/h2-7,12-13H,8-11H2,1H3. The lowest BCUT2D eigenvalue weighted by Gasteiger charge is -2.36. The molecule has 122 valence electrons. The lowest BCUT2D eigenvalue weighted by molar-refractivity contribution is 0.0751. The summed E-state index contributed by atoms with van der Waals surface area (Å²) in [4.78, 5) is 22.3. The molecule has 3 aromatic rings. The summed E-state index contributed by atoms with van der Waals surface area (Å²) in [5, 5.41) is 3.12. The first-order valence-electron chi connectivity index (χ1n) is 8.16. The van der Waals surface area contributed by atoms with E-state index in [0.29, 0.717) is 0 Å². The van der Waals surface area contributed by atoms with Gasteiger partial charge in [0.15, 0.2) is 0 Å². The summed E-state index contributed by atoms with van der Waals surface area (Å²) in [5.41, 5.74) is 2.21. The minimum atomic E-state index is 0.146. The summed E-state index contributed by atoms with van der Waals surface area (Å²) in [7, 11) is 0. The third-order valence-electron chi connectivity index (χ3n) is 4.49. The number of rotatable bonds is 2. The summed E-state index contributed by atoms with van der Waals surface area (Å²) in [6, 6.07) is 14.2. The number of aromatic nitrogens is 1. The lowest BCUT2D eigenvalue weighted by atomic mass is 10.1. The van der Waals surface area contributed by atoms with Crippen LogP contribution in [0.4, 0.5) is 5.82 Å². The van der Waals surface area contributed by atoms with Crippen molar-refractivity contribution < 1.29 is 4.79 Å². The van der Waals surface area contributed by atoms with Crippen LogP contribution in [0.3, 0.4) is 0 Å². The lowest BCUT2D eigenvalue weighted by Crippen LogP contribution is -2.49. The number of aryl methyl sites for hydroxylation is 1. The van der Waals surface area contributed by atoms with Gasteiger partial charge in [-0.15, -0.1) is 11.3 Å². The Labute approximate surface area is 145 Å². The van der Waals surface area contributed by atoms with Gasteiger partial charge in [0.05, 0.1) is 10.4 Å². The first-order valence-corrected chi connectivity index (χ1v) is 9.04. The number of hydrogen-bond donors (Lipinski definition) is 0. The molecular weight excluding hydrogens is 318 g/mol. The summed E-state index contributed by atoms with van der Waals surface area (Å²) >= 11 is 1.51. The van der Waals surface area contributed by atoms with E-state index in [4.69, 9.17) is 4.98 Å². The van der Waals surface area contributed by atoms with Gasteiger partial charge >= 0.3 is 0 Å². The number of benzene rings is 1. The molecule has 0 unspecified atom stereocenters. The zero-order chi connectivity index (χ0) is 16.5. The van der Waals surface area contributed by atoms with Crippen LogP contribution in [0.5, 0.6) is 0 Å². The summed E-state index contributed by atoms with van der Waals surface area (Å²) in [6.07, 6.45) is 0. The third kappa shape index (κ3) is 2.76. The van der Waals surface area contributed by atoms with E-state index >= 15 is 0 Å². The Bertz CT molecular complexity index is 867. The molecule has 1 aliphatic rings. The fourth-order valence-electron chi connectivity index (χ4n) is 3.21. The minimum absolute atomic E-state index is 0.146. The number of nitrogens with zero attached hydrogens (tertiary/aromatic N) is 3. The van der Waals surface area contributed by atoms with Gasteiger partial charge in [0, 0.05) is 31.6 Å². The predicted molar refractivity (Wildman–Crippen MR) is 98.9 cm³/mol. The van der Waals surface area contributed by atoms with Crippen LogP contribution >= 0.6 is 11.3 Å². The number of pyridine rings is 1. The second-order valence-corrected chi connectivity index (χ2v) is 7.03. The quantitative estimate of drug-likeness (QED) is 0.717. The van der Waals surface area contributed by atoms with Gasteiger partial charge in [-0.1, -0.05) is 24.3 Å². The van der Waals surface area contributed by atoms with Crippen molar-refractivity contribution in [1.82, 2.24) is 9.88 Å². The van der Waals surface area contributed by atoms with Crippen LogP contribution in [0.15, 0.2) is 47.8 Å². The number of anilines is 1. The molecule has 0 saturated carbocycles. The molecule has 1 amide bonds. The molecule has 4 rings (SSSR count). The largest absolute Gasteiger partial charge is 0.353 e. The van der Waals surface area contributed by atoms with Crippen molar-refractivity contribution >= 4 is 34.0 Å². The first-order chi connectivity index (χ1) is 11.7. The Hall–Kier alpha value is -2.40. The van der Waals surface area contributed by atoms with Crippen LogP contribution in [0.2, 0.25) is 0 Å². The number of hydrogen-bond acceptors (Lipinski definition) is 4. The molecule has 0 aliphatic carbocycles. The minimum Gasteiger partial charge on any atom is -0.353 e. The number of carbonyl (C=O) groups excluding carboxylic acids is 1. The van der Waals surface area contributed by atoms with Crippen molar-refractivity contribution in [2.45, 2.75) is 6.92 Å². The number of thiophene rings is 1. The number of fused-ring (bicyclic) bond motifs is 1. The zero-order valence-corrected chi connectivity index (χ0v) is 14.4. The van der Waals surface area contributed by atoms with Gasteiger partial charge in [-0.05, 0) is 36.1 Å². The molecule has 4 nitrogen and oxygen atoms in total. The molecule has 0 N–H and O–H groups in total. The topological polar surface area (TPSA) is 36.4 Å². The van der Waals surface area contributed by atoms with Crippen molar-refractivity contribution in [1.29, 1.82) is 0 Å². The van der Waals surface area contributed by atoms with Crippen molar-refractivity contribution in [3.05, 3.63) is 58.3 Å². The van der Waals surface area contributed by atoms with Crippen LogP contribution < -0.4 is 4.90 Å². The molecule has 0 bridgehead atoms. The Balaban J connectivity index is 1.51. The third-order valence-corrected chi connectivity index (χ3v) is 5.34. The number of piperazine rings is 1. The van der Waals surface area contributed by atoms with Gasteiger partial charge in [-0.25, -0.2) is 4.98 Å². The highest BCUT2D eigenvalue weighted by Crippen LogP contribution is 2.24. The van der Waals surface area contributed by atoms with Crippen molar-refractivity contribution in [3.63, 3.8) is 0 Å². The summed E-state index contributed by atoms with van der Waals surface area (Å²) < 4.78 is 0. The van der Waals surface area contributed by atoms with Gasteiger partial charge in [-0.3, -0.25) is 4.79 Å². The second kappa shape index (κ2) is 6.24. The average molecular weight is 337 g/mol. The fraction of sp³-hybridized carbons (Fsp3) is 0.263. The SMILES string of the molecule is Cc1cc2ccccc2nc1N1CCN(C(=O)c2cccs2)CC1. The van der Waals surface area contributed by atoms with Crippen molar-refractivity contribution in [2.24, 2.45) is 0 Å². The van der Waals surface area contributed by atoms with Crippen LogP contribution in [-0.4, -0.2) is 42.0 Å². The van der Waals surface area contributed by atoms with Crippen LogP contribution in [-0.2, 0) is 0 Å². The Kier molecular flexibility index (Phi) is 3.94. The summed E-state index contributed by atoms with van der Waals surface area (Å²) in [5.74, 6) is 1.18. The van der Waals surface area contributed by atoms with E-state index in [1.165, 1.54) is 22.3 Å². The Morgan fingerprint density at radius 3 is 2.62 bits per heavy atom. The molecular formula is C19H19N3OS. The maximum atomic E-state index is 12.4. The first kappa shape index (κ1) is 15.1. The number of carbonyl (C=O) groups is 1.